The highest BCUT2D eigenvalue weighted by Gasteiger charge is 2.21. The van der Waals surface area contributed by atoms with Crippen molar-refractivity contribution in [2.45, 2.75) is 20.0 Å². The lowest BCUT2D eigenvalue weighted by molar-refractivity contribution is -0.141. The molecule has 4 aromatic rings. The highest BCUT2D eigenvalue weighted by molar-refractivity contribution is 5.96. The van der Waals surface area contributed by atoms with Crippen LogP contribution in [-0.2, 0) is 22.6 Å². The molecule has 4 rings (SSSR count). The number of halogens is 1. The largest absolute Gasteiger partial charge is 0.481 e. The van der Waals surface area contributed by atoms with Crippen LogP contribution in [0.4, 0.5) is 4.39 Å². The number of nitrogens with zero attached hydrogens (tertiary/aromatic N) is 1. The number of aromatic amines is 1. The van der Waals surface area contributed by atoms with Crippen molar-refractivity contribution in [2.24, 2.45) is 0 Å². The van der Waals surface area contributed by atoms with Gasteiger partial charge in [0.1, 0.15) is 24.8 Å². The van der Waals surface area contributed by atoms with Gasteiger partial charge in [-0.05, 0) is 41.3 Å². The van der Waals surface area contributed by atoms with Crippen molar-refractivity contribution in [3.63, 3.8) is 0 Å². The fourth-order valence-corrected chi connectivity index (χ4v) is 3.73. The van der Waals surface area contributed by atoms with Crippen LogP contribution in [0.3, 0.4) is 0 Å². The Morgan fingerprint density at radius 2 is 1.71 bits per heavy atom. The molecule has 38 heavy (non-hydrogen) atoms. The van der Waals surface area contributed by atoms with Gasteiger partial charge in [0, 0.05) is 6.42 Å². The molecule has 8 nitrogen and oxygen atoms in total. The summed E-state index contributed by atoms with van der Waals surface area (Å²) in [5, 5.41) is 2.43. The van der Waals surface area contributed by atoms with Gasteiger partial charge in [-0.15, -0.1) is 0 Å². The van der Waals surface area contributed by atoms with E-state index in [-0.39, 0.29) is 49.3 Å². The van der Waals surface area contributed by atoms with Crippen LogP contribution in [0.1, 0.15) is 34.4 Å². The van der Waals surface area contributed by atoms with Crippen molar-refractivity contribution in [2.75, 3.05) is 13.2 Å². The van der Waals surface area contributed by atoms with Crippen LogP contribution in [0, 0.1) is 5.82 Å². The Balaban J connectivity index is 1.57. The van der Waals surface area contributed by atoms with Crippen molar-refractivity contribution in [3.05, 3.63) is 118 Å². The molecule has 0 fully saturated rings. The van der Waals surface area contributed by atoms with E-state index in [1.807, 2.05) is 60.7 Å². The van der Waals surface area contributed by atoms with Crippen LogP contribution in [0.5, 0.6) is 5.75 Å². The number of nitrogens with one attached hydrogen (secondary N) is 2. The van der Waals surface area contributed by atoms with E-state index in [2.05, 4.69) is 15.3 Å². The second-order valence-electron chi connectivity index (χ2n) is 8.34. The zero-order chi connectivity index (χ0) is 26.9. The Morgan fingerprint density at radius 3 is 2.42 bits per heavy atom. The Labute approximate surface area is 218 Å². The van der Waals surface area contributed by atoms with Gasteiger partial charge in [-0.2, -0.15) is 0 Å². The molecule has 3 aromatic carbocycles. The van der Waals surface area contributed by atoms with E-state index < -0.39 is 17.4 Å². The lowest BCUT2D eigenvalue weighted by Crippen LogP contribution is -2.33. The maximum Gasteiger partial charge on any atom is 0.325 e. The molecule has 1 amide bonds. The Morgan fingerprint density at radius 1 is 0.947 bits per heavy atom. The summed E-state index contributed by atoms with van der Waals surface area (Å²) in [4.78, 5) is 44.7. The number of benzene rings is 3. The van der Waals surface area contributed by atoms with Crippen LogP contribution in [0.15, 0.2) is 83.7 Å². The molecule has 0 aliphatic carbocycles. The second-order valence-corrected chi connectivity index (χ2v) is 8.34. The molecule has 194 valence electrons. The number of amides is 1. The van der Waals surface area contributed by atoms with Gasteiger partial charge >= 0.3 is 5.97 Å². The van der Waals surface area contributed by atoms with Crippen LogP contribution in [0.25, 0.3) is 11.1 Å². The van der Waals surface area contributed by atoms with E-state index in [1.165, 1.54) is 12.1 Å². The highest BCUT2D eigenvalue weighted by atomic mass is 19.1. The molecule has 1 aromatic heterocycles. The number of carbonyl (C=O) groups excluding carboxylic acids is 2. The third-order valence-corrected chi connectivity index (χ3v) is 5.55. The van der Waals surface area contributed by atoms with Gasteiger partial charge in [0.2, 0.25) is 5.75 Å². The van der Waals surface area contributed by atoms with Crippen LogP contribution >= 0.6 is 0 Å². The fraction of sp³-hybridized carbons (Fsp3) is 0.172. The molecule has 0 spiro atoms. The first-order valence-electron chi connectivity index (χ1n) is 12.0. The number of ether oxygens (including phenoxy) is 2. The first kappa shape index (κ1) is 26.3. The number of carbonyl (C=O) groups is 2. The molecule has 0 saturated carbocycles. The molecule has 0 saturated heterocycles. The molecule has 1 heterocycles. The zero-order valence-corrected chi connectivity index (χ0v) is 20.7. The van der Waals surface area contributed by atoms with Crippen molar-refractivity contribution >= 4 is 11.9 Å². The molecular formula is C29H26FN3O5. The molecule has 0 bridgehead atoms. The van der Waals surface area contributed by atoms with Gasteiger partial charge < -0.3 is 19.8 Å². The quantitative estimate of drug-likeness (QED) is 0.309. The fourth-order valence-electron chi connectivity index (χ4n) is 3.73. The Bertz CT molecular complexity index is 1470. The van der Waals surface area contributed by atoms with Gasteiger partial charge in [-0.25, -0.2) is 9.37 Å². The average molecular weight is 516 g/mol. The van der Waals surface area contributed by atoms with E-state index >= 15 is 0 Å². The van der Waals surface area contributed by atoms with Gasteiger partial charge in [0.25, 0.3) is 11.5 Å². The molecule has 0 radical (unpaired) electrons. The molecule has 2 N–H and O–H groups in total. The van der Waals surface area contributed by atoms with Crippen LogP contribution in [0.2, 0.25) is 0 Å². The first-order chi connectivity index (χ1) is 18.4. The predicted octanol–water partition coefficient (Wildman–Crippen LogP) is 4.04. The molecule has 0 unspecified atom stereocenters. The third-order valence-electron chi connectivity index (χ3n) is 5.55. The summed E-state index contributed by atoms with van der Waals surface area (Å²) >= 11 is 0. The maximum absolute atomic E-state index is 13.6. The highest BCUT2D eigenvalue weighted by Crippen LogP contribution is 2.21. The topological polar surface area (TPSA) is 110 Å². The minimum Gasteiger partial charge on any atom is -0.481 e. The molecule has 0 aliphatic heterocycles. The SMILES string of the molecule is CCOC(=O)CNC(=O)c1nc(Cc2ccc(-c3cccc(F)c3)cc2)[nH]c(=O)c1OCc1ccccc1. The molecule has 0 aliphatic rings. The number of H-pyrrole nitrogens is 1. The van der Waals surface area contributed by atoms with E-state index in [9.17, 15) is 18.8 Å². The van der Waals surface area contributed by atoms with E-state index in [1.54, 1.807) is 13.0 Å². The molecule has 0 atom stereocenters. The van der Waals surface area contributed by atoms with E-state index in [4.69, 9.17) is 9.47 Å². The summed E-state index contributed by atoms with van der Waals surface area (Å²) in [6.07, 6.45) is 0.218. The van der Waals surface area contributed by atoms with Crippen LogP contribution in [-0.4, -0.2) is 35.0 Å². The summed E-state index contributed by atoms with van der Waals surface area (Å²) < 4.78 is 24.1. The Kier molecular flexibility index (Phi) is 8.61. The smallest absolute Gasteiger partial charge is 0.325 e. The number of hydrogen-bond acceptors (Lipinski definition) is 6. The van der Waals surface area contributed by atoms with E-state index in [0.717, 1.165) is 22.3 Å². The first-order valence-corrected chi connectivity index (χ1v) is 12.0. The van der Waals surface area contributed by atoms with Crippen molar-refractivity contribution < 1.29 is 23.5 Å². The zero-order valence-electron chi connectivity index (χ0n) is 20.7. The standard InChI is InChI=1S/C29H26FN3O5/c1-2-37-25(34)17-31-28(35)26-27(38-18-20-7-4-3-5-8-20)29(36)33-24(32-26)15-19-11-13-21(14-12-19)22-9-6-10-23(30)16-22/h3-14,16H,2,15,17-18H2,1H3,(H,31,35)(H,32,33,36). The summed E-state index contributed by atoms with van der Waals surface area (Å²) in [6.45, 7) is 1.50. The third kappa shape index (κ3) is 6.91. The van der Waals surface area contributed by atoms with Crippen molar-refractivity contribution in [1.29, 1.82) is 0 Å². The number of hydrogen-bond donors (Lipinski definition) is 2. The molecular weight excluding hydrogens is 489 g/mol. The predicted molar refractivity (Wildman–Crippen MR) is 139 cm³/mol. The maximum atomic E-state index is 13.6. The summed E-state index contributed by atoms with van der Waals surface area (Å²) in [5.74, 6) is -1.69. The average Bonchev–Trinajstić information content (AvgIpc) is 2.92. The minimum absolute atomic E-state index is 0.0463. The number of aromatic nitrogens is 2. The van der Waals surface area contributed by atoms with E-state index in [0.29, 0.717) is 0 Å². The lowest BCUT2D eigenvalue weighted by Gasteiger charge is -2.12. The number of esters is 1. The van der Waals surface area contributed by atoms with Gasteiger partial charge in [0.15, 0.2) is 5.69 Å². The van der Waals surface area contributed by atoms with Crippen LogP contribution < -0.4 is 15.6 Å². The van der Waals surface area contributed by atoms with Gasteiger partial charge in [0.05, 0.1) is 6.61 Å². The summed E-state index contributed by atoms with van der Waals surface area (Å²) in [6, 6.07) is 22.8. The molecule has 9 heteroatoms. The van der Waals surface area contributed by atoms with Crippen molar-refractivity contribution in [3.8, 4) is 16.9 Å². The summed E-state index contributed by atoms with van der Waals surface area (Å²) in [5.41, 5.74) is 2.32. The lowest BCUT2D eigenvalue weighted by atomic mass is 10.0. The van der Waals surface area contributed by atoms with Gasteiger partial charge in [-0.1, -0.05) is 66.7 Å². The summed E-state index contributed by atoms with van der Waals surface area (Å²) in [7, 11) is 0. The minimum atomic E-state index is -0.741. The number of rotatable bonds is 10. The van der Waals surface area contributed by atoms with Gasteiger partial charge in [-0.3, -0.25) is 14.4 Å². The second kappa shape index (κ2) is 12.4. The monoisotopic (exact) mass is 515 g/mol. The van der Waals surface area contributed by atoms with Crippen molar-refractivity contribution in [1.82, 2.24) is 15.3 Å². The normalized spacial score (nSPS) is 10.6. The Hall–Kier alpha value is -4.79.